The van der Waals surface area contributed by atoms with Gasteiger partial charge in [-0.05, 0) is 60.9 Å². The van der Waals surface area contributed by atoms with E-state index in [2.05, 4.69) is 12.2 Å². The monoisotopic (exact) mass is 442 g/mol. The van der Waals surface area contributed by atoms with Crippen LogP contribution in [-0.2, 0) is 16.0 Å². The summed E-state index contributed by atoms with van der Waals surface area (Å²) in [6.07, 6.45) is 0.916. The van der Waals surface area contributed by atoms with E-state index in [1.54, 1.807) is 48.5 Å². The molecule has 1 aliphatic rings. The van der Waals surface area contributed by atoms with Crippen LogP contribution in [0.15, 0.2) is 78.5 Å². The van der Waals surface area contributed by atoms with Crippen molar-refractivity contribution >= 4 is 28.8 Å². The number of amides is 2. The highest BCUT2D eigenvalue weighted by Gasteiger charge is 2.41. The van der Waals surface area contributed by atoms with E-state index in [-0.39, 0.29) is 5.70 Å². The van der Waals surface area contributed by atoms with Crippen LogP contribution in [0.4, 0.5) is 11.4 Å². The molecule has 0 aromatic heterocycles. The van der Waals surface area contributed by atoms with Gasteiger partial charge in [0.1, 0.15) is 17.2 Å². The van der Waals surface area contributed by atoms with Gasteiger partial charge >= 0.3 is 0 Å². The van der Waals surface area contributed by atoms with Crippen molar-refractivity contribution in [3.05, 3.63) is 89.6 Å². The number of ether oxygens (including phenoxy) is 2. The number of anilines is 2. The molecule has 0 saturated heterocycles. The van der Waals surface area contributed by atoms with Crippen LogP contribution in [0.2, 0.25) is 0 Å². The lowest BCUT2D eigenvalue weighted by atomic mass is 10.0. The number of carbonyl (C=O) groups excluding carboxylic acids is 2. The van der Waals surface area contributed by atoms with Gasteiger partial charge < -0.3 is 14.8 Å². The molecule has 0 fully saturated rings. The largest absolute Gasteiger partial charge is 0.495 e. The Morgan fingerprint density at radius 2 is 1.55 bits per heavy atom. The maximum absolute atomic E-state index is 13.6. The first-order valence-corrected chi connectivity index (χ1v) is 10.9. The molecule has 4 rings (SSSR count). The van der Waals surface area contributed by atoms with E-state index < -0.39 is 11.8 Å². The minimum Gasteiger partial charge on any atom is -0.495 e. The highest BCUT2D eigenvalue weighted by molar-refractivity contribution is 6.46. The van der Waals surface area contributed by atoms with E-state index >= 15 is 0 Å². The highest BCUT2D eigenvalue weighted by Crippen LogP contribution is 2.38. The minimum atomic E-state index is -0.437. The topological polar surface area (TPSA) is 67.9 Å². The van der Waals surface area contributed by atoms with Crippen LogP contribution in [-0.4, -0.2) is 25.5 Å². The summed E-state index contributed by atoms with van der Waals surface area (Å²) in [5.74, 6) is 0.290. The Balaban J connectivity index is 1.79. The molecule has 3 aromatic rings. The fourth-order valence-corrected chi connectivity index (χ4v) is 3.80. The summed E-state index contributed by atoms with van der Waals surface area (Å²) in [6.45, 7) is 4.54. The third kappa shape index (κ3) is 4.32. The maximum Gasteiger partial charge on any atom is 0.282 e. The third-order valence-corrected chi connectivity index (χ3v) is 5.50. The maximum atomic E-state index is 13.6. The number of hydrogen-bond acceptors (Lipinski definition) is 5. The van der Waals surface area contributed by atoms with Crippen LogP contribution < -0.4 is 19.7 Å². The first-order valence-electron chi connectivity index (χ1n) is 10.9. The second-order valence-corrected chi connectivity index (χ2v) is 7.50. The Hall–Kier alpha value is -4.06. The second kappa shape index (κ2) is 9.61. The number of hydrogen-bond donors (Lipinski definition) is 1. The van der Waals surface area contributed by atoms with Crippen molar-refractivity contribution in [2.45, 2.75) is 20.3 Å². The van der Waals surface area contributed by atoms with E-state index in [0.717, 1.165) is 17.0 Å². The van der Waals surface area contributed by atoms with Gasteiger partial charge in [0.05, 0.1) is 25.0 Å². The second-order valence-electron chi connectivity index (χ2n) is 7.50. The number of methoxy groups -OCH3 is 1. The molecule has 0 aliphatic carbocycles. The molecule has 0 bridgehead atoms. The molecular weight excluding hydrogens is 416 g/mol. The van der Waals surface area contributed by atoms with Crippen LogP contribution in [0.3, 0.4) is 0 Å². The molecule has 1 heterocycles. The average molecular weight is 443 g/mol. The summed E-state index contributed by atoms with van der Waals surface area (Å²) in [6, 6.07) is 22.0. The van der Waals surface area contributed by atoms with Gasteiger partial charge in [-0.15, -0.1) is 0 Å². The van der Waals surface area contributed by atoms with Gasteiger partial charge in [-0.25, -0.2) is 4.90 Å². The van der Waals surface area contributed by atoms with Crippen LogP contribution in [0.5, 0.6) is 11.5 Å². The van der Waals surface area contributed by atoms with E-state index in [1.165, 1.54) is 12.7 Å². The van der Waals surface area contributed by atoms with Crippen molar-refractivity contribution in [1.82, 2.24) is 0 Å². The van der Waals surface area contributed by atoms with Crippen molar-refractivity contribution in [2.24, 2.45) is 0 Å². The number of rotatable bonds is 8. The zero-order valence-electron chi connectivity index (χ0n) is 18.9. The number of para-hydroxylation sites is 2. The van der Waals surface area contributed by atoms with Crippen LogP contribution in [0.1, 0.15) is 25.0 Å². The summed E-state index contributed by atoms with van der Waals surface area (Å²) in [5, 5.41) is 3.19. The molecule has 1 aliphatic heterocycles. The summed E-state index contributed by atoms with van der Waals surface area (Å²) < 4.78 is 10.9. The Morgan fingerprint density at radius 3 is 2.18 bits per heavy atom. The van der Waals surface area contributed by atoms with E-state index in [9.17, 15) is 9.59 Å². The predicted octanol–water partition coefficient (Wildman–Crippen LogP) is 5.05. The summed E-state index contributed by atoms with van der Waals surface area (Å²) in [5.41, 5.74) is 3.46. The lowest BCUT2D eigenvalue weighted by Gasteiger charge is -2.18. The zero-order chi connectivity index (χ0) is 23.4. The molecule has 33 heavy (non-hydrogen) atoms. The van der Waals surface area contributed by atoms with E-state index in [1.807, 2.05) is 31.2 Å². The standard InChI is InChI=1S/C27H26N2O4/c1-4-18-10-14-20(15-11-18)28-25-24(19-12-16-21(17-13-19)33-5-2)26(30)29(27(25)31)22-8-6-7-9-23(22)32-3/h6-17,28H,4-5H2,1-3H3. The number of imide groups is 1. The molecule has 1 N–H and O–H groups in total. The molecule has 2 amide bonds. The third-order valence-electron chi connectivity index (χ3n) is 5.50. The fraction of sp³-hybridized carbons (Fsp3) is 0.185. The number of aryl methyl sites for hydroxylation is 1. The molecular formula is C27H26N2O4. The predicted molar refractivity (Wildman–Crippen MR) is 129 cm³/mol. The minimum absolute atomic E-state index is 0.222. The Morgan fingerprint density at radius 1 is 0.848 bits per heavy atom. The van der Waals surface area contributed by atoms with Crippen LogP contribution in [0.25, 0.3) is 5.57 Å². The summed E-state index contributed by atoms with van der Waals surface area (Å²) in [7, 11) is 1.51. The van der Waals surface area contributed by atoms with Crippen molar-refractivity contribution < 1.29 is 19.1 Å². The Labute approximate surface area is 193 Å². The quantitative estimate of drug-likeness (QED) is 0.494. The lowest BCUT2D eigenvalue weighted by molar-refractivity contribution is -0.120. The van der Waals surface area contributed by atoms with Gasteiger partial charge in [-0.3, -0.25) is 9.59 Å². The summed E-state index contributed by atoms with van der Waals surface area (Å²) in [4.78, 5) is 28.3. The average Bonchev–Trinajstić information content (AvgIpc) is 3.09. The molecule has 0 saturated carbocycles. The Bertz CT molecular complexity index is 1200. The molecule has 0 unspecified atom stereocenters. The number of nitrogens with zero attached hydrogens (tertiary/aromatic N) is 1. The fourth-order valence-electron chi connectivity index (χ4n) is 3.80. The molecule has 0 spiro atoms. The summed E-state index contributed by atoms with van der Waals surface area (Å²) >= 11 is 0. The number of carbonyl (C=O) groups is 2. The van der Waals surface area contributed by atoms with Gasteiger partial charge in [0.25, 0.3) is 11.8 Å². The molecule has 0 radical (unpaired) electrons. The molecule has 6 nitrogen and oxygen atoms in total. The smallest absolute Gasteiger partial charge is 0.282 e. The van der Waals surface area contributed by atoms with Gasteiger partial charge in [-0.2, -0.15) is 0 Å². The molecule has 3 aromatic carbocycles. The number of nitrogens with one attached hydrogen (secondary N) is 1. The normalized spacial score (nSPS) is 13.5. The SMILES string of the molecule is CCOc1ccc(C2=C(Nc3ccc(CC)cc3)C(=O)N(c3ccccc3OC)C2=O)cc1. The van der Waals surface area contributed by atoms with Gasteiger partial charge in [0, 0.05) is 5.69 Å². The van der Waals surface area contributed by atoms with Gasteiger partial charge in [0.2, 0.25) is 0 Å². The zero-order valence-corrected chi connectivity index (χ0v) is 18.9. The van der Waals surface area contributed by atoms with Crippen LogP contribution in [0, 0.1) is 0 Å². The van der Waals surface area contributed by atoms with Crippen molar-refractivity contribution in [3.63, 3.8) is 0 Å². The molecule has 168 valence electrons. The van der Waals surface area contributed by atoms with Gasteiger partial charge in [0.15, 0.2) is 0 Å². The van der Waals surface area contributed by atoms with Crippen molar-refractivity contribution in [1.29, 1.82) is 0 Å². The van der Waals surface area contributed by atoms with E-state index in [0.29, 0.717) is 34.9 Å². The number of benzene rings is 3. The van der Waals surface area contributed by atoms with Crippen LogP contribution >= 0.6 is 0 Å². The first kappa shape index (κ1) is 22.1. The molecule has 0 atom stereocenters. The lowest BCUT2D eigenvalue weighted by Crippen LogP contribution is -2.32. The van der Waals surface area contributed by atoms with Crippen molar-refractivity contribution in [2.75, 3.05) is 23.9 Å². The van der Waals surface area contributed by atoms with Crippen molar-refractivity contribution in [3.8, 4) is 11.5 Å². The Kier molecular flexibility index (Phi) is 6.45. The molecule has 6 heteroatoms. The van der Waals surface area contributed by atoms with Gasteiger partial charge in [-0.1, -0.05) is 43.3 Å². The van der Waals surface area contributed by atoms with E-state index in [4.69, 9.17) is 9.47 Å². The highest BCUT2D eigenvalue weighted by atomic mass is 16.5. The first-order chi connectivity index (χ1) is 16.1.